The van der Waals surface area contributed by atoms with Gasteiger partial charge in [-0.2, -0.15) is 0 Å². The minimum Gasteiger partial charge on any atom is -0.491 e. The molecule has 0 aliphatic heterocycles. The van der Waals surface area contributed by atoms with Crippen molar-refractivity contribution in [1.29, 1.82) is 0 Å². The van der Waals surface area contributed by atoms with Gasteiger partial charge in [0.2, 0.25) is 0 Å². The van der Waals surface area contributed by atoms with Crippen LogP contribution in [0.2, 0.25) is 0 Å². The van der Waals surface area contributed by atoms with Gasteiger partial charge in [-0.05, 0) is 49.2 Å². The van der Waals surface area contributed by atoms with Crippen molar-refractivity contribution in [2.75, 3.05) is 36.1 Å². The van der Waals surface area contributed by atoms with Gasteiger partial charge in [-0.1, -0.05) is 0 Å². The van der Waals surface area contributed by atoms with E-state index in [4.69, 9.17) is 32.4 Å². The Morgan fingerprint density at radius 2 is 1.05 bits per heavy atom. The third-order valence-electron chi connectivity index (χ3n) is 3.12. The predicted octanol–water partition coefficient (Wildman–Crippen LogP) is 2.25. The number of anilines is 4. The summed E-state index contributed by atoms with van der Waals surface area (Å²) in [4.78, 5) is 0. The lowest BCUT2D eigenvalue weighted by atomic mass is 10.2. The molecule has 0 saturated carbocycles. The van der Waals surface area contributed by atoms with Crippen molar-refractivity contribution in [3.8, 4) is 11.5 Å². The predicted molar refractivity (Wildman–Crippen MR) is 90.8 cm³/mol. The number of unbranched alkanes of at least 4 members (excludes halogenated alkanes) is 1. The molecule has 8 N–H and O–H groups in total. The van der Waals surface area contributed by atoms with Gasteiger partial charge in [0.15, 0.2) is 0 Å². The molecule has 0 amide bonds. The van der Waals surface area contributed by atoms with Crippen molar-refractivity contribution in [2.24, 2.45) is 0 Å². The van der Waals surface area contributed by atoms with Crippen LogP contribution in [0.15, 0.2) is 36.4 Å². The second kappa shape index (κ2) is 7.31. The highest BCUT2D eigenvalue weighted by molar-refractivity contribution is 5.61. The van der Waals surface area contributed by atoms with Crippen LogP contribution in [0.4, 0.5) is 22.7 Å². The van der Waals surface area contributed by atoms with Crippen LogP contribution in [-0.4, -0.2) is 13.2 Å². The molecule has 2 rings (SSSR count). The van der Waals surface area contributed by atoms with Gasteiger partial charge in [-0.25, -0.2) is 0 Å². The topological polar surface area (TPSA) is 123 Å². The summed E-state index contributed by atoms with van der Waals surface area (Å²) >= 11 is 0. The Kier molecular flexibility index (Phi) is 5.19. The average molecular weight is 302 g/mol. The molecule has 0 spiro atoms. The largest absolute Gasteiger partial charge is 0.491 e. The first kappa shape index (κ1) is 15.6. The van der Waals surface area contributed by atoms with Gasteiger partial charge in [-0.15, -0.1) is 0 Å². The molecule has 0 aromatic heterocycles. The molecule has 0 aliphatic carbocycles. The monoisotopic (exact) mass is 302 g/mol. The Hall–Kier alpha value is -2.76. The lowest BCUT2D eigenvalue weighted by molar-refractivity contribution is 0.268. The smallest absolute Gasteiger partial charge is 0.142 e. The summed E-state index contributed by atoms with van der Waals surface area (Å²) in [7, 11) is 0. The number of nitrogen functional groups attached to an aromatic ring is 4. The van der Waals surface area contributed by atoms with E-state index in [2.05, 4.69) is 0 Å². The minimum atomic E-state index is 0.547. The second-order valence-corrected chi connectivity index (χ2v) is 5.00. The third kappa shape index (κ3) is 4.37. The van der Waals surface area contributed by atoms with Gasteiger partial charge >= 0.3 is 0 Å². The summed E-state index contributed by atoms with van der Waals surface area (Å²) < 4.78 is 11.2. The van der Waals surface area contributed by atoms with Crippen molar-refractivity contribution < 1.29 is 9.47 Å². The van der Waals surface area contributed by atoms with E-state index in [1.54, 1.807) is 36.4 Å². The summed E-state index contributed by atoms with van der Waals surface area (Å²) in [6.45, 7) is 1.13. The van der Waals surface area contributed by atoms with Gasteiger partial charge in [0.25, 0.3) is 0 Å². The van der Waals surface area contributed by atoms with E-state index in [1.807, 2.05) is 0 Å². The lowest BCUT2D eigenvalue weighted by Crippen LogP contribution is -2.05. The number of hydrogen-bond donors (Lipinski definition) is 4. The van der Waals surface area contributed by atoms with Crippen molar-refractivity contribution in [3.63, 3.8) is 0 Å². The van der Waals surface area contributed by atoms with Crippen LogP contribution in [0, 0.1) is 0 Å². The molecular formula is C16H22N4O2. The Morgan fingerprint density at radius 3 is 1.41 bits per heavy atom. The quantitative estimate of drug-likeness (QED) is 0.459. The first-order valence-electron chi connectivity index (χ1n) is 7.12. The summed E-state index contributed by atoms with van der Waals surface area (Å²) in [5.41, 5.74) is 25.2. The molecule has 0 radical (unpaired) electrons. The highest BCUT2D eigenvalue weighted by Gasteiger charge is 2.02. The number of benzene rings is 2. The zero-order chi connectivity index (χ0) is 15.9. The van der Waals surface area contributed by atoms with Crippen LogP contribution in [0.1, 0.15) is 12.8 Å². The molecule has 0 aliphatic rings. The van der Waals surface area contributed by atoms with E-state index in [9.17, 15) is 0 Å². The minimum absolute atomic E-state index is 0.547. The SMILES string of the molecule is Nc1ccc(OCCCCOc2ccc(N)cc2N)c(N)c1. The highest BCUT2D eigenvalue weighted by Crippen LogP contribution is 2.24. The number of rotatable bonds is 7. The van der Waals surface area contributed by atoms with Crippen LogP contribution in [0.3, 0.4) is 0 Å². The molecule has 0 saturated heterocycles. The van der Waals surface area contributed by atoms with Gasteiger partial charge in [-0.3, -0.25) is 0 Å². The van der Waals surface area contributed by atoms with Crippen molar-refractivity contribution in [1.82, 2.24) is 0 Å². The van der Waals surface area contributed by atoms with Gasteiger partial charge in [0.05, 0.1) is 24.6 Å². The molecule has 2 aromatic carbocycles. The fraction of sp³-hybridized carbons (Fsp3) is 0.250. The summed E-state index contributed by atoms with van der Waals surface area (Å²) in [6, 6.07) is 10.4. The average Bonchev–Trinajstić information content (AvgIpc) is 2.46. The fourth-order valence-electron chi connectivity index (χ4n) is 1.97. The van der Waals surface area contributed by atoms with E-state index in [1.165, 1.54) is 0 Å². The summed E-state index contributed by atoms with van der Waals surface area (Å²) in [5, 5.41) is 0. The van der Waals surface area contributed by atoms with Crippen molar-refractivity contribution in [3.05, 3.63) is 36.4 Å². The Morgan fingerprint density at radius 1 is 0.636 bits per heavy atom. The fourth-order valence-corrected chi connectivity index (χ4v) is 1.97. The molecule has 2 aromatic rings. The molecule has 0 fully saturated rings. The molecule has 0 unspecified atom stereocenters. The zero-order valence-electron chi connectivity index (χ0n) is 12.4. The maximum atomic E-state index is 5.81. The standard InChI is InChI=1S/C16H22N4O2/c17-11-3-5-15(13(19)9-11)21-7-1-2-8-22-16-6-4-12(18)10-14(16)20/h3-6,9-10H,1-2,7-8,17-20H2. The van der Waals surface area contributed by atoms with E-state index in [0.29, 0.717) is 47.5 Å². The number of hydrogen-bond acceptors (Lipinski definition) is 6. The molecule has 22 heavy (non-hydrogen) atoms. The number of ether oxygens (including phenoxy) is 2. The van der Waals surface area contributed by atoms with Gasteiger partial charge in [0.1, 0.15) is 11.5 Å². The Bertz CT molecular complexity index is 576. The van der Waals surface area contributed by atoms with Gasteiger partial charge < -0.3 is 32.4 Å². The van der Waals surface area contributed by atoms with Crippen LogP contribution in [0.25, 0.3) is 0 Å². The van der Waals surface area contributed by atoms with Crippen LogP contribution in [0.5, 0.6) is 11.5 Å². The first-order chi connectivity index (χ1) is 10.6. The highest BCUT2D eigenvalue weighted by atomic mass is 16.5. The van der Waals surface area contributed by atoms with E-state index in [0.717, 1.165) is 12.8 Å². The van der Waals surface area contributed by atoms with Gasteiger partial charge in [0, 0.05) is 11.4 Å². The van der Waals surface area contributed by atoms with E-state index in [-0.39, 0.29) is 0 Å². The molecule has 0 heterocycles. The number of nitrogens with two attached hydrogens (primary N) is 4. The molecule has 6 heteroatoms. The molecular weight excluding hydrogens is 280 g/mol. The molecule has 0 bridgehead atoms. The Labute approximate surface area is 130 Å². The molecule has 118 valence electrons. The normalized spacial score (nSPS) is 10.4. The van der Waals surface area contributed by atoms with Crippen LogP contribution < -0.4 is 32.4 Å². The molecule has 0 atom stereocenters. The maximum absolute atomic E-state index is 5.81. The van der Waals surface area contributed by atoms with E-state index >= 15 is 0 Å². The third-order valence-corrected chi connectivity index (χ3v) is 3.12. The summed E-state index contributed by atoms with van der Waals surface area (Å²) in [5.74, 6) is 1.30. The lowest BCUT2D eigenvalue weighted by Gasteiger charge is -2.11. The maximum Gasteiger partial charge on any atom is 0.142 e. The first-order valence-corrected chi connectivity index (χ1v) is 7.12. The van der Waals surface area contributed by atoms with Crippen LogP contribution >= 0.6 is 0 Å². The second-order valence-electron chi connectivity index (χ2n) is 5.00. The molecule has 6 nitrogen and oxygen atoms in total. The van der Waals surface area contributed by atoms with Crippen molar-refractivity contribution >= 4 is 22.7 Å². The van der Waals surface area contributed by atoms with Crippen molar-refractivity contribution in [2.45, 2.75) is 12.8 Å². The van der Waals surface area contributed by atoms with Crippen LogP contribution in [-0.2, 0) is 0 Å². The zero-order valence-corrected chi connectivity index (χ0v) is 12.4. The van der Waals surface area contributed by atoms with E-state index < -0.39 is 0 Å². The Balaban J connectivity index is 1.67. The summed E-state index contributed by atoms with van der Waals surface area (Å²) in [6.07, 6.45) is 1.69.